The fourth-order valence-electron chi connectivity index (χ4n) is 3.30. The Labute approximate surface area is 213 Å². The van der Waals surface area contributed by atoms with Crippen LogP contribution in [0.15, 0.2) is 59.2 Å². The van der Waals surface area contributed by atoms with E-state index in [2.05, 4.69) is 27.2 Å². The lowest BCUT2D eigenvalue weighted by atomic mass is 10.3. The first-order chi connectivity index (χ1) is 17.2. The van der Waals surface area contributed by atoms with Crippen LogP contribution in [0.5, 0.6) is 0 Å². The molecule has 0 saturated carbocycles. The van der Waals surface area contributed by atoms with Crippen LogP contribution in [0.25, 0.3) is 0 Å². The number of rotatable bonds is 12. The van der Waals surface area contributed by atoms with Gasteiger partial charge in [-0.05, 0) is 25.5 Å². The standard InChI is InChI=1S/C23H28N6O5S2/c1-5-13-29-19(15-36(32,33)16-11-9-8-10-12-16)26-27-23(29)35-18(6-2)21(30)25-20-17(14-24-28(20)4)22(31)34-7-3/h5,8-12,14,18H,1,6-7,13,15H2,2-4H3,(H,25,30). The van der Waals surface area contributed by atoms with E-state index in [0.29, 0.717) is 11.6 Å². The normalized spacial score (nSPS) is 12.2. The molecule has 0 aliphatic heterocycles. The Balaban J connectivity index is 1.82. The van der Waals surface area contributed by atoms with Crippen LogP contribution in [-0.2, 0) is 38.7 Å². The molecule has 1 amide bonds. The number of aryl methyl sites for hydroxylation is 1. The van der Waals surface area contributed by atoms with E-state index < -0.39 is 21.1 Å². The second-order valence-corrected chi connectivity index (χ2v) is 10.8. The van der Waals surface area contributed by atoms with Gasteiger partial charge in [0, 0.05) is 13.6 Å². The average Bonchev–Trinajstić information content (AvgIpc) is 3.40. The minimum absolute atomic E-state index is 0.149. The van der Waals surface area contributed by atoms with Gasteiger partial charge in [-0.2, -0.15) is 5.10 Å². The summed E-state index contributed by atoms with van der Waals surface area (Å²) in [5, 5.41) is 14.8. The monoisotopic (exact) mass is 532 g/mol. The molecule has 0 bridgehead atoms. The molecule has 3 rings (SSSR count). The molecule has 1 N–H and O–H groups in total. The second-order valence-electron chi connectivity index (χ2n) is 7.63. The predicted octanol–water partition coefficient (Wildman–Crippen LogP) is 2.86. The van der Waals surface area contributed by atoms with Crippen LogP contribution in [0.2, 0.25) is 0 Å². The van der Waals surface area contributed by atoms with Crippen LogP contribution < -0.4 is 5.32 Å². The number of allylic oxidation sites excluding steroid dienone is 1. The number of carbonyl (C=O) groups excluding carboxylic acids is 2. The molecule has 1 unspecified atom stereocenters. The van der Waals surface area contributed by atoms with E-state index in [9.17, 15) is 18.0 Å². The number of ether oxygens (including phenoxy) is 1. The maximum absolute atomic E-state index is 13.1. The van der Waals surface area contributed by atoms with Crippen molar-refractivity contribution < 1.29 is 22.7 Å². The second kappa shape index (κ2) is 12.0. The van der Waals surface area contributed by atoms with Crippen molar-refractivity contribution in [3.05, 3.63) is 60.6 Å². The smallest absolute Gasteiger partial charge is 0.343 e. The van der Waals surface area contributed by atoms with Crippen molar-refractivity contribution in [2.45, 2.75) is 47.9 Å². The summed E-state index contributed by atoms with van der Waals surface area (Å²) < 4.78 is 33.8. The largest absolute Gasteiger partial charge is 0.462 e. The lowest BCUT2D eigenvalue weighted by molar-refractivity contribution is -0.115. The number of anilines is 1. The number of carbonyl (C=O) groups is 2. The van der Waals surface area contributed by atoms with Crippen molar-refractivity contribution in [3.63, 3.8) is 0 Å². The summed E-state index contributed by atoms with van der Waals surface area (Å²) >= 11 is 1.15. The van der Waals surface area contributed by atoms with Gasteiger partial charge in [0.25, 0.3) is 0 Å². The quantitative estimate of drug-likeness (QED) is 0.212. The van der Waals surface area contributed by atoms with E-state index in [1.807, 2.05) is 6.92 Å². The van der Waals surface area contributed by atoms with Gasteiger partial charge < -0.3 is 14.6 Å². The lowest BCUT2D eigenvalue weighted by Gasteiger charge is -2.16. The summed E-state index contributed by atoms with van der Waals surface area (Å²) in [6.45, 7) is 7.72. The molecule has 1 aromatic carbocycles. The van der Waals surface area contributed by atoms with Crippen LogP contribution in [-0.4, -0.2) is 56.7 Å². The average molecular weight is 533 g/mol. The zero-order valence-corrected chi connectivity index (χ0v) is 21.9. The number of hydrogen-bond donors (Lipinski definition) is 1. The number of hydrogen-bond acceptors (Lipinski definition) is 9. The van der Waals surface area contributed by atoms with Crippen LogP contribution in [0, 0.1) is 0 Å². The van der Waals surface area contributed by atoms with Crippen LogP contribution in [0.4, 0.5) is 5.82 Å². The third-order valence-electron chi connectivity index (χ3n) is 5.11. The van der Waals surface area contributed by atoms with Gasteiger partial charge in [0.05, 0.1) is 22.9 Å². The van der Waals surface area contributed by atoms with Crippen molar-refractivity contribution in [2.75, 3.05) is 11.9 Å². The Morgan fingerprint density at radius 2 is 1.94 bits per heavy atom. The Morgan fingerprint density at radius 1 is 1.22 bits per heavy atom. The van der Waals surface area contributed by atoms with Crippen molar-refractivity contribution in [1.29, 1.82) is 0 Å². The van der Waals surface area contributed by atoms with Crippen LogP contribution in [0.3, 0.4) is 0 Å². The molecular weight excluding hydrogens is 504 g/mol. The molecule has 0 spiro atoms. The van der Waals surface area contributed by atoms with Gasteiger partial charge in [0.1, 0.15) is 23.0 Å². The fraction of sp³-hybridized carbons (Fsp3) is 0.348. The number of thioether (sulfide) groups is 1. The Hall–Kier alpha value is -3.45. The molecule has 0 saturated heterocycles. The van der Waals surface area contributed by atoms with Crippen molar-refractivity contribution in [1.82, 2.24) is 24.5 Å². The van der Waals surface area contributed by atoms with Gasteiger partial charge in [-0.1, -0.05) is 43.0 Å². The van der Waals surface area contributed by atoms with Gasteiger partial charge in [-0.3, -0.25) is 9.48 Å². The molecular formula is C23H28N6O5S2. The Morgan fingerprint density at radius 3 is 2.58 bits per heavy atom. The van der Waals surface area contributed by atoms with Gasteiger partial charge in [-0.15, -0.1) is 16.8 Å². The highest BCUT2D eigenvalue weighted by Crippen LogP contribution is 2.28. The van der Waals surface area contributed by atoms with Crippen molar-refractivity contribution in [3.8, 4) is 0 Å². The van der Waals surface area contributed by atoms with E-state index in [0.717, 1.165) is 11.8 Å². The summed E-state index contributed by atoms with van der Waals surface area (Å²) in [7, 11) is -2.04. The Bertz CT molecular complexity index is 1330. The van der Waals surface area contributed by atoms with E-state index in [-0.39, 0.29) is 46.9 Å². The topological polar surface area (TPSA) is 138 Å². The number of aromatic nitrogens is 5. The van der Waals surface area contributed by atoms with E-state index in [4.69, 9.17) is 4.74 Å². The highest BCUT2D eigenvalue weighted by molar-refractivity contribution is 8.00. The maximum Gasteiger partial charge on any atom is 0.343 e. The maximum atomic E-state index is 13.1. The predicted molar refractivity (Wildman–Crippen MR) is 135 cm³/mol. The molecule has 3 aromatic rings. The first kappa shape index (κ1) is 27.1. The zero-order chi connectivity index (χ0) is 26.3. The molecule has 0 radical (unpaired) electrons. The Kier molecular flexibility index (Phi) is 9.04. The van der Waals surface area contributed by atoms with E-state index in [1.54, 1.807) is 42.8 Å². The molecule has 192 valence electrons. The molecule has 1 atom stereocenters. The minimum Gasteiger partial charge on any atom is -0.462 e. The summed E-state index contributed by atoms with van der Waals surface area (Å²) in [5.41, 5.74) is 0.149. The molecule has 0 aliphatic rings. The van der Waals surface area contributed by atoms with Gasteiger partial charge in [0.2, 0.25) is 5.91 Å². The number of amides is 1. The van der Waals surface area contributed by atoms with Crippen LogP contribution in [0.1, 0.15) is 36.5 Å². The summed E-state index contributed by atoms with van der Waals surface area (Å²) in [4.78, 5) is 25.5. The number of esters is 1. The molecule has 36 heavy (non-hydrogen) atoms. The molecule has 11 nitrogen and oxygen atoms in total. The summed E-state index contributed by atoms with van der Waals surface area (Å²) in [6, 6.07) is 8.11. The molecule has 0 fully saturated rings. The zero-order valence-electron chi connectivity index (χ0n) is 20.2. The van der Waals surface area contributed by atoms with Gasteiger partial charge in [-0.25, -0.2) is 13.2 Å². The fourth-order valence-corrected chi connectivity index (χ4v) is 5.57. The minimum atomic E-state index is -3.65. The molecule has 2 aromatic heterocycles. The summed E-state index contributed by atoms with van der Waals surface area (Å²) in [5.74, 6) is -0.841. The number of nitrogens with one attached hydrogen (secondary N) is 1. The number of nitrogens with zero attached hydrogens (tertiary/aromatic N) is 5. The highest BCUT2D eigenvalue weighted by atomic mass is 32.2. The summed E-state index contributed by atoms with van der Waals surface area (Å²) in [6.07, 6.45) is 3.37. The molecule has 2 heterocycles. The van der Waals surface area contributed by atoms with Gasteiger partial charge in [0.15, 0.2) is 15.0 Å². The molecule has 0 aliphatic carbocycles. The lowest BCUT2D eigenvalue weighted by Crippen LogP contribution is -2.27. The first-order valence-corrected chi connectivity index (χ1v) is 13.7. The third-order valence-corrected chi connectivity index (χ3v) is 8.09. The first-order valence-electron chi connectivity index (χ1n) is 11.2. The number of benzene rings is 1. The van der Waals surface area contributed by atoms with Crippen molar-refractivity contribution >= 4 is 39.3 Å². The highest BCUT2D eigenvalue weighted by Gasteiger charge is 2.27. The number of sulfone groups is 1. The van der Waals surface area contributed by atoms with Crippen molar-refractivity contribution in [2.24, 2.45) is 7.05 Å². The SMILES string of the molecule is C=CCn1c(CS(=O)(=O)c2ccccc2)nnc1SC(CC)C(=O)Nc1c(C(=O)OCC)cnn1C. The third kappa shape index (κ3) is 6.21. The van der Waals surface area contributed by atoms with E-state index in [1.165, 1.54) is 23.0 Å². The van der Waals surface area contributed by atoms with E-state index >= 15 is 0 Å². The van der Waals surface area contributed by atoms with Crippen LogP contribution >= 0.6 is 11.8 Å². The van der Waals surface area contributed by atoms with Gasteiger partial charge >= 0.3 is 5.97 Å². The molecule has 13 heteroatoms.